The second-order valence-electron chi connectivity index (χ2n) is 8.13. The SMILES string of the molecule is CN(c1ncnc2[nH]ccc12)C1CC(CS(=O)N2CCC(c3cnco3)CC2)C1. The van der Waals surface area contributed by atoms with E-state index in [4.69, 9.17) is 4.42 Å². The standard InChI is InChI=1S/C20H26N6O2S/c1-25(20-17-2-5-22-19(17)23-12-24-20)16-8-14(9-16)11-29(27)26-6-3-15(4-7-26)18-10-21-13-28-18/h2,5,10,12-16H,3-4,6-9,11H2,1H3,(H,22,23,24). The fourth-order valence-electron chi connectivity index (χ4n) is 4.54. The van der Waals surface area contributed by atoms with Gasteiger partial charge in [-0.1, -0.05) is 0 Å². The predicted molar refractivity (Wildman–Crippen MR) is 112 cm³/mol. The van der Waals surface area contributed by atoms with Crippen molar-refractivity contribution in [3.8, 4) is 0 Å². The summed E-state index contributed by atoms with van der Waals surface area (Å²) in [5, 5.41) is 1.05. The monoisotopic (exact) mass is 414 g/mol. The molecule has 29 heavy (non-hydrogen) atoms. The van der Waals surface area contributed by atoms with Crippen molar-refractivity contribution in [2.24, 2.45) is 5.92 Å². The number of nitrogens with one attached hydrogen (secondary N) is 1. The van der Waals surface area contributed by atoms with E-state index in [0.717, 1.165) is 67.1 Å². The lowest BCUT2D eigenvalue weighted by atomic mass is 9.81. The largest absolute Gasteiger partial charge is 0.448 e. The maximum Gasteiger partial charge on any atom is 0.180 e. The summed E-state index contributed by atoms with van der Waals surface area (Å²) < 4.78 is 20.4. The molecule has 9 heteroatoms. The number of aromatic nitrogens is 4. The first-order chi connectivity index (χ1) is 14.2. The van der Waals surface area contributed by atoms with Gasteiger partial charge in [0.1, 0.15) is 23.6 Å². The Bertz CT molecular complexity index is 976. The van der Waals surface area contributed by atoms with Crippen molar-refractivity contribution in [1.82, 2.24) is 24.2 Å². The molecule has 1 aliphatic heterocycles. The van der Waals surface area contributed by atoms with Gasteiger partial charge in [0, 0.05) is 44.0 Å². The third-order valence-electron chi connectivity index (χ3n) is 6.40. The third-order valence-corrected chi connectivity index (χ3v) is 8.10. The molecule has 154 valence electrons. The molecule has 0 spiro atoms. The van der Waals surface area contributed by atoms with Gasteiger partial charge in [0.25, 0.3) is 0 Å². The van der Waals surface area contributed by atoms with Crippen molar-refractivity contribution < 1.29 is 8.63 Å². The van der Waals surface area contributed by atoms with E-state index in [1.807, 2.05) is 12.3 Å². The fraction of sp³-hybridized carbons (Fsp3) is 0.550. The van der Waals surface area contributed by atoms with Gasteiger partial charge >= 0.3 is 0 Å². The van der Waals surface area contributed by atoms with Gasteiger partial charge in [-0.3, -0.25) is 0 Å². The smallest absolute Gasteiger partial charge is 0.180 e. The van der Waals surface area contributed by atoms with Crippen LogP contribution in [0.2, 0.25) is 0 Å². The number of piperidine rings is 1. The fourth-order valence-corrected chi connectivity index (χ4v) is 6.05. The molecule has 1 saturated heterocycles. The molecule has 1 saturated carbocycles. The van der Waals surface area contributed by atoms with Gasteiger partial charge in [0.05, 0.1) is 22.6 Å². The molecular weight excluding hydrogens is 388 g/mol. The highest BCUT2D eigenvalue weighted by Gasteiger charge is 2.36. The van der Waals surface area contributed by atoms with Crippen LogP contribution in [0.15, 0.2) is 35.6 Å². The molecule has 1 atom stereocenters. The Hall–Kier alpha value is -2.26. The minimum atomic E-state index is -0.897. The number of rotatable bonds is 6. The summed E-state index contributed by atoms with van der Waals surface area (Å²) in [6, 6.07) is 2.47. The molecule has 4 heterocycles. The van der Waals surface area contributed by atoms with Crippen molar-refractivity contribution in [3.63, 3.8) is 0 Å². The zero-order chi connectivity index (χ0) is 19.8. The molecule has 2 aliphatic rings. The van der Waals surface area contributed by atoms with Crippen LogP contribution < -0.4 is 4.90 Å². The Morgan fingerprint density at radius 2 is 2.14 bits per heavy atom. The number of H-pyrrole nitrogens is 1. The molecule has 2 fully saturated rings. The quantitative estimate of drug-likeness (QED) is 0.667. The van der Waals surface area contributed by atoms with Crippen LogP contribution in [-0.4, -0.2) is 60.4 Å². The number of nitrogens with zero attached hydrogens (tertiary/aromatic N) is 5. The van der Waals surface area contributed by atoms with E-state index in [2.05, 4.69) is 36.2 Å². The lowest BCUT2D eigenvalue weighted by molar-refractivity contribution is 0.274. The Morgan fingerprint density at radius 3 is 2.90 bits per heavy atom. The summed E-state index contributed by atoms with van der Waals surface area (Å²) in [6.45, 7) is 1.72. The molecule has 0 bridgehead atoms. The van der Waals surface area contributed by atoms with E-state index in [-0.39, 0.29) is 0 Å². The molecule has 0 radical (unpaired) electrons. The molecule has 0 amide bonds. The molecular formula is C20H26N6O2S. The number of hydrogen-bond donors (Lipinski definition) is 1. The normalized spacial score (nSPS) is 24.4. The second kappa shape index (κ2) is 7.87. The van der Waals surface area contributed by atoms with Crippen LogP contribution in [0, 0.1) is 5.92 Å². The van der Waals surface area contributed by atoms with Gasteiger partial charge in [-0.25, -0.2) is 23.5 Å². The first-order valence-corrected chi connectivity index (χ1v) is 11.5. The predicted octanol–water partition coefficient (Wildman–Crippen LogP) is 2.70. The third kappa shape index (κ3) is 3.69. The van der Waals surface area contributed by atoms with E-state index in [1.165, 1.54) is 6.39 Å². The van der Waals surface area contributed by atoms with Gasteiger partial charge in [-0.15, -0.1) is 0 Å². The van der Waals surface area contributed by atoms with Crippen LogP contribution in [0.3, 0.4) is 0 Å². The van der Waals surface area contributed by atoms with Crippen molar-refractivity contribution in [2.45, 2.75) is 37.6 Å². The minimum absolute atomic E-state index is 0.408. The molecule has 3 aromatic rings. The Morgan fingerprint density at radius 1 is 1.31 bits per heavy atom. The zero-order valence-corrected chi connectivity index (χ0v) is 17.3. The highest BCUT2D eigenvalue weighted by atomic mass is 32.2. The summed E-state index contributed by atoms with van der Waals surface area (Å²) in [6.07, 6.45) is 10.9. The van der Waals surface area contributed by atoms with Gasteiger partial charge < -0.3 is 14.3 Å². The van der Waals surface area contributed by atoms with Crippen molar-refractivity contribution in [3.05, 3.63) is 36.9 Å². The first kappa shape index (κ1) is 18.7. The highest BCUT2D eigenvalue weighted by Crippen LogP contribution is 2.36. The van der Waals surface area contributed by atoms with Crippen LogP contribution >= 0.6 is 0 Å². The lowest BCUT2D eigenvalue weighted by Gasteiger charge is -2.42. The van der Waals surface area contributed by atoms with E-state index >= 15 is 0 Å². The maximum atomic E-state index is 12.8. The van der Waals surface area contributed by atoms with Crippen LogP contribution in [-0.2, 0) is 11.0 Å². The van der Waals surface area contributed by atoms with Crippen molar-refractivity contribution in [1.29, 1.82) is 0 Å². The molecule has 1 aliphatic carbocycles. The second-order valence-corrected chi connectivity index (χ2v) is 9.63. The summed E-state index contributed by atoms with van der Waals surface area (Å²) in [7, 11) is 1.20. The zero-order valence-electron chi connectivity index (χ0n) is 16.5. The van der Waals surface area contributed by atoms with Crippen molar-refractivity contribution in [2.75, 3.05) is 30.8 Å². The summed E-state index contributed by atoms with van der Waals surface area (Å²) in [4.78, 5) is 18.2. The summed E-state index contributed by atoms with van der Waals surface area (Å²) in [5.41, 5.74) is 0.868. The number of hydrogen-bond acceptors (Lipinski definition) is 6. The van der Waals surface area contributed by atoms with Crippen LogP contribution in [0.25, 0.3) is 11.0 Å². The maximum absolute atomic E-state index is 12.8. The van der Waals surface area contributed by atoms with E-state index in [0.29, 0.717) is 17.9 Å². The van der Waals surface area contributed by atoms with Gasteiger partial charge in [0.2, 0.25) is 0 Å². The molecule has 5 rings (SSSR count). The molecule has 3 aromatic heterocycles. The molecule has 1 N–H and O–H groups in total. The average molecular weight is 415 g/mol. The van der Waals surface area contributed by atoms with Crippen LogP contribution in [0.4, 0.5) is 5.82 Å². The Balaban J connectivity index is 1.11. The van der Waals surface area contributed by atoms with Crippen LogP contribution in [0.5, 0.6) is 0 Å². The van der Waals surface area contributed by atoms with Gasteiger partial charge in [-0.2, -0.15) is 0 Å². The van der Waals surface area contributed by atoms with Gasteiger partial charge in [0.15, 0.2) is 6.39 Å². The number of aromatic amines is 1. The highest BCUT2D eigenvalue weighted by molar-refractivity contribution is 7.82. The Labute approximate surface area is 172 Å². The minimum Gasteiger partial charge on any atom is -0.448 e. The van der Waals surface area contributed by atoms with Crippen LogP contribution in [0.1, 0.15) is 37.4 Å². The average Bonchev–Trinajstić information content (AvgIpc) is 3.41. The molecule has 8 nitrogen and oxygen atoms in total. The lowest BCUT2D eigenvalue weighted by Crippen LogP contribution is -2.46. The van der Waals surface area contributed by atoms with E-state index in [9.17, 15) is 4.21 Å². The summed E-state index contributed by atoms with van der Waals surface area (Å²) in [5.74, 6) is 3.61. The number of fused-ring (bicyclic) bond motifs is 1. The summed E-state index contributed by atoms with van der Waals surface area (Å²) >= 11 is 0. The number of oxazole rings is 1. The first-order valence-electron chi connectivity index (χ1n) is 10.2. The van der Waals surface area contributed by atoms with E-state index in [1.54, 1.807) is 12.5 Å². The van der Waals surface area contributed by atoms with E-state index < -0.39 is 11.0 Å². The number of anilines is 1. The van der Waals surface area contributed by atoms with Crippen molar-refractivity contribution >= 4 is 27.8 Å². The molecule has 0 aromatic carbocycles. The Kier molecular flexibility index (Phi) is 5.09. The molecule has 1 unspecified atom stereocenters. The van der Waals surface area contributed by atoms with Gasteiger partial charge in [-0.05, 0) is 37.7 Å². The topological polar surface area (TPSA) is 91.2 Å².